The number of carbonyl (C=O) groups is 1. The molecule has 0 aromatic heterocycles. The Kier molecular flexibility index (Phi) is 5.50. The standard InChI is InChI=1S/C22H27NO3/c1-5-15(2)22(24)23-12-11-17-13-19(25-3)20(26-4)14-18(17)21(23)16-9-7-6-8-10-16/h6-10,13-15,21H,5,11-12H2,1-4H3/t15-,21+/m0/s1. The molecular formula is C22H27NO3. The van der Waals surface area contributed by atoms with E-state index in [9.17, 15) is 4.79 Å². The van der Waals surface area contributed by atoms with Crippen molar-refractivity contribution in [3.63, 3.8) is 0 Å². The fraction of sp³-hybridized carbons (Fsp3) is 0.409. The molecule has 0 aliphatic carbocycles. The first-order valence-corrected chi connectivity index (χ1v) is 9.20. The molecule has 1 aliphatic rings. The number of carbonyl (C=O) groups excluding carboxylic acids is 1. The Balaban J connectivity index is 2.13. The largest absolute Gasteiger partial charge is 0.493 e. The second kappa shape index (κ2) is 7.81. The van der Waals surface area contributed by atoms with Gasteiger partial charge in [0.1, 0.15) is 0 Å². The van der Waals surface area contributed by atoms with Crippen LogP contribution in [0.3, 0.4) is 0 Å². The number of methoxy groups -OCH3 is 2. The third kappa shape index (κ3) is 3.28. The van der Waals surface area contributed by atoms with Gasteiger partial charge in [0, 0.05) is 12.5 Å². The summed E-state index contributed by atoms with van der Waals surface area (Å²) in [7, 11) is 3.30. The Labute approximate surface area is 155 Å². The normalized spacial score (nSPS) is 17.4. The van der Waals surface area contributed by atoms with Gasteiger partial charge >= 0.3 is 0 Å². The molecule has 0 spiro atoms. The molecule has 0 fully saturated rings. The summed E-state index contributed by atoms with van der Waals surface area (Å²) in [4.78, 5) is 15.1. The summed E-state index contributed by atoms with van der Waals surface area (Å²) in [6.45, 7) is 4.78. The number of fused-ring (bicyclic) bond motifs is 1. The predicted molar refractivity (Wildman–Crippen MR) is 103 cm³/mol. The highest BCUT2D eigenvalue weighted by Crippen LogP contribution is 2.41. The number of ether oxygens (including phenoxy) is 2. The van der Waals surface area contributed by atoms with E-state index in [1.54, 1.807) is 14.2 Å². The first kappa shape index (κ1) is 18.3. The highest BCUT2D eigenvalue weighted by Gasteiger charge is 2.34. The Bertz CT molecular complexity index is 772. The van der Waals surface area contributed by atoms with E-state index in [4.69, 9.17) is 9.47 Å². The van der Waals surface area contributed by atoms with E-state index in [1.165, 1.54) is 5.56 Å². The van der Waals surface area contributed by atoms with Gasteiger partial charge in [-0.3, -0.25) is 4.79 Å². The second-order valence-electron chi connectivity index (χ2n) is 6.81. The van der Waals surface area contributed by atoms with Crippen molar-refractivity contribution in [1.29, 1.82) is 0 Å². The maximum atomic E-state index is 13.1. The van der Waals surface area contributed by atoms with Gasteiger partial charge in [0.05, 0.1) is 20.3 Å². The van der Waals surface area contributed by atoms with Crippen molar-refractivity contribution in [1.82, 2.24) is 4.90 Å². The molecule has 0 bridgehead atoms. The van der Waals surface area contributed by atoms with Crippen LogP contribution in [-0.2, 0) is 11.2 Å². The SMILES string of the molecule is CC[C@H](C)C(=O)N1CCc2cc(OC)c(OC)cc2[C@H]1c1ccccc1. The Morgan fingerprint density at radius 3 is 2.42 bits per heavy atom. The molecule has 0 saturated carbocycles. The maximum Gasteiger partial charge on any atom is 0.226 e. The Morgan fingerprint density at radius 1 is 1.15 bits per heavy atom. The topological polar surface area (TPSA) is 38.8 Å². The number of amides is 1. The molecule has 1 amide bonds. The summed E-state index contributed by atoms with van der Waals surface area (Å²) in [5.41, 5.74) is 3.46. The predicted octanol–water partition coefficient (Wildman–Crippen LogP) is 4.22. The molecule has 0 N–H and O–H groups in total. The van der Waals surface area contributed by atoms with Gasteiger partial charge < -0.3 is 14.4 Å². The molecule has 0 radical (unpaired) electrons. The first-order valence-electron chi connectivity index (χ1n) is 9.20. The summed E-state index contributed by atoms with van der Waals surface area (Å²) in [6, 6.07) is 14.2. The first-order chi connectivity index (χ1) is 12.6. The molecule has 4 nitrogen and oxygen atoms in total. The third-order valence-electron chi connectivity index (χ3n) is 5.31. The average Bonchev–Trinajstić information content (AvgIpc) is 2.71. The molecule has 0 unspecified atom stereocenters. The number of hydrogen-bond acceptors (Lipinski definition) is 3. The summed E-state index contributed by atoms with van der Waals surface area (Å²) in [5, 5.41) is 0. The van der Waals surface area contributed by atoms with Crippen LogP contribution in [0.1, 0.15) is 43.0 Å². The average molecular weight is 353 g/mol. The van der Waals surface area contributed by atoms with Gasteiger partial charge in [0.15, 0.2) is 11.5 Å². The molecule has 4 heteroatoms. The van der Waals surface area contributed by atoms with Crippen LogP contribution in [0.5, 0.6) is 11.5 Å². The van der Waals surface area contributed by atoms with Crippen LogP contribution < -0.4 is 9.47 Å². The van der Waals surface area contributed by atoms with E-state index in [2.05, 4.69) is 25.1 Å². The van der Waals surface area contributed by atoms with Gasteiger partial charge in [-0.1, -0.05) is 44.2 Å². The van der Waals surface area contributed by atoms with E-state index in [-0.39, 0.29) is 17.9 Å². The zero-order valence-corrected chi connectivity index (χ0v) is 16.0. The van der Waals surface area contributed by atoms with Gasteiger partial charge in [-0.25, -0.2) is 0 Å². The maximum absolute atomic E-state index is 13.1. The van der Waals surface area contributed by atoms with Gasteiger partial charge in [-0.15, -0.1) is 0 Å². The summed E-state index contributed by atoms with van der Waals surface area (Å²) < 4.78 is 11.0. The summed E-state index contributed by atoms with van der Waals surface area (Å²) >= 11 is 0. The van der Waals surface area contributed by atoms with Crippen molar-refractivity contribution in [2.75, 3.05) is 20.8 Å². The zero-order valence-electron chi connectivity index (χ0n) is 16.0. The molecule has 2 aromatic carbocycles. The number of nitrogens with zero attached hydrogens (tertiary/aromatic N) is 1. The number of rotatable bonds is 5. The Hall–Kier alpha value is -2.49. The third-order valence-corrected chi connectivity index (χ3v) is 5.31. The van der Waals surface area contributed by atoms with Crippen LogP contribution in [0.2, 0.25) is 0 Å². The van der Waals surface area contributed by atoms with Crippen molar-refractivity contribution < 1.29 is 14.3 Å². The molecule has 1 heterocycles. The Morgan fingerprint density at radius 2 is 1.81 bits per heavy atom. The van der Waals surface area contributed by atoms with Crippen LogP contribution in [-0.4, -0.2) is 31.6 Å². The quantitative estimate of drug-likeness (QED) is 0.808. The van der Waals surface area contributed by atoms with E-state index in [1.807, 2.05) is 36.1 Å². The lowest BCUT2D eigenvalue weighted by Gasteiger charge is -2.39. The van der Waals surface area contributed by atoms with Gasteiger partial charge in [0.2, 0.25) is 5.91 Å². The number of benzene rings is 2. The van der Waals surface area contributed by atoms with Gasteiger partial charge in [0.25, 0.3) is 0 Å². The van der Waals surface area contributed by atoms with E-state index >= 15 is 0 Å². The van der Waals surface area contributed by atoms with Crippen LogP contribution in [0.25, 0.3) is 0 Å². The zero-order chi connectivity index (χ0) is 18.7. The van der Waals surface area contributed by atoms with Crippen molar-refractivity contribution in [2.24, 2.45) is 5.92 Å². The minimum atomic E-state index is -0.0961. The molecular weight excluding hydrogens is 326 g/mol. The second-order valence-corrected chi connectivity index (χ2v) is 6.81. The van der Waals surface area contributed by atoms with Crippen molar-refractivity contribution in [3.05, 3.63) is 59.2 Å². The van der Waals surface area contributed by atoms with E-state index in [0.29, 0.717) is 12.3 Å². The molecule has 2 aromatic rings. The van der Waals surface area contributed by atoms with Crippen LogP contribution in [0.4, 0.5) is 0 Å². The minimum Gasteiger partial charge on any atom is -0.493 e. The van der Waals surface area contributed by atoms with Crippen molar-refractivity contribution in [3.8, 4) is 11.5 Å². The molecule has 2 atom stereocenters. The number of hydrogen-bond donors (Lipinski definition) is 0. The molecule has 26 heavy (non-hydrogen) atoms. The van der Waals surface area contributed by atoms with Gasteiger partial charge in [-0.2, -0.15) is 0 Å². The van der Waals surface area contributed by atoms with Gasteiger partial charge in [-0.05, 0) is 41.7 Å². The lowest BCUT2D eigenvalue weighted by molar-refractivity contribution is -0.137. The van der Waals surface area contributed by atoms with E-state index < -0.39 is 0 Å². The minimum absolute atomic E-state index is 0.0166. The van der Waals surface area contributed by atoms with Crippen LogP contribution in [0.15, 0.2) is 42.5 Å². The lowest BCUT2D eigenvalue weighted by atomic mass is 9.86. The van der Waals surface area contributed by atoms with Crippen molar-refractivity contribution in [2.45, 2.75) is 32.7 Å². The molecule has 3 rings (SSSR count). The highest BCUT2D eigenvalue weighted by atomic mass is 16.5. The fourth-order valence-corrected chi connectivity index (χ4v) is 3.64. The highest BCUT2D eigenvalue weighted by molar-refractivity contribution is 5.80. The summed E-state index contributed by atoms with van der Waals surface area (Å²) in [6.07, 6.45) is 1.66. The molecule has 138 valence electrons. The van der Waals surface area contributed by atoms with Crippen LogP contribution in [0, 0.1) is 5.92 Å². The fourth-order valence-electron chi connectivity index (χ4n) is 3.64. The van der Waals surface area contributed by atoms with Crippen LogP contribution >= 0.6 is 0 Å². The van der Waals surface area contributed by atoms with E-state index in [0.717, 1.165) is 29.7 Å². The monoisotopic (exact) mass is 353 g/mol. The van der Waals surface area contributed by atoms with Crippen molar-refractivity contribution >= 4 is 5.91 Å². The molecule has 0 saturated heterocycles. The molecule has 1 aliphatic heterocycles. The smallest absolute Gasteiger partial charge is 0.226 e. The summed E-state index contributed by atoms with van der Waals surface area (Å²) in [5.74, 6) is 1.66. The lowest BCUT2D eigenvalue weighted by Crippen LogP contribution is -2.43.